The molecule has 0 spiro atoms. The Labute approximate surface area is 97.6 Å². The van der Waals surface area contributed by atoms with Crippen molar-refractivity contribution in [3.05, 3.63) is 33.5 Å². The Kier molecular flexibility index (Phi) is 3.93. The zero-order valence-electron chi connectivity index (χ0n) is 7.81. The summed E-state index contributed by atoms with van der Waals surface area (Å²) in [6.07, 6.45) is 0.790. The molecule has 1 unspecified atom stereocenters. The monoisotopic (exact) mass is 279 g/mol. The fraction of sp³-hybridized carbons (Fsp3) is 0.400. The molecule has 4 heteroatoms. The molecule has 0 amide bonds. The number of hydrogen-bond donors (Lipinski definition) is 1. The minimum Gasteiger partial charge on any atom is -0.310 e. The summed E-state index contributed by atoms with van der Waals surface area (Å²) < 4.78 is 14.3. The number of halogens is 3. The number of nitrogens with one attached hydrogen (secondary N) is 1. The summed E-state index contributed by atoms with van der Waals surface area (Å²) in [7, 11) is 0. The van der Waals surface area contributed by atoms with E-state index in [9.17, 15) is 4.39 Å². The molecule has 2 rings (SSSR count). The Bertz CT molecular complexity index is 343. The zero-order valence-corrected chi connectivity index (χ0v) is 10.2. The molecular weight excluding hydrogens is 268 g/mol. The van der Waals surface area contributed by atoms with Crippen LogP contribution in [0.2, 0.25) is 0 Å². The van der Waals surface area contributed by atoms with Gasteiger partial charge in [0, 0.05) is 10.5 Å². The highest BCUT2D eigenvalue weighted by Gasteiger charge is 2.19. The maximum atomic E-state index is 13.4. The summed E-state index contributed by atoms with van der Waals surface area (Å²) >= 11 is 3.30. The molecule has 1 aromatic rings. The summed E-state index contributed by atoms with van der Waals surface area (Å²) in [5.74, 6) is -0.0854. The van der Waals surface area contributed by atoms with Crippen LogP contribution in [0.5, 0.6) is 0 Å². The van der Waals surface area contributed by atoms with Gasteiger partial charge in [-0.3, -0.25) is 0 Å². The molecule has 0 fully saturated rings. The quantitative estimate of drug-likeness (QED) is 0.769. The summed E-state index contributed by atoms with van der Waals surface area (Å²) in [5, 5.41) is 3.31. The zero-order chi connectivity index (χ0) is 9.42. The van der Waals surface area contributed by atoms with Crippen molar-refractivity contribution in [2.45, 2.75) is 19.4 Å². The van der Waals surface area contributed by atoms with Crippen LogP contribution in [0.4, 0.5) is 4.39 Å². The van der Waals surface area contributed by atoms with Gasteiger partial charge in [0.1, 0.15) is 5.82 Å². The van der Waals surface area contributed by atoms with Crippen molar-refractivity contribution in [3.63, 3.8) is 0 Å². The molecule has 0 bridgehead atoms. The lowest BCUT2D eigenvalue weighted by molar-refractivity contribution is 0.512. The summed E-state index contributed by atoms with van der Waals surface area (Å²) in [6, 6.07) is 3.79. The van der Waals surface area contributed by atoms with Crippen LogP contribution in [0, 0.1) is 5.82 Å². The number of hydrogen-bond acceptors (Lipinski definition) is 1. The molecule has 0 saturated carbocycles. The highest BCUT2D eigenvalue weighted by atomic mass is 79.9. The normalized spacial score (nSPS) is 19.8. The number of rotatable bonds is 0. The fourth-order valence-corrected chi connectivity index (χ4v) is 2.24. The first-order valence-corrected chi connectivity index (χ1v) is 5.19. The van der Waals surface area contributed by atoms with Gasteiger partial charge in [0.25, 0.3) is 0 Å². The molecule has 0 aliphatic carbocycles. The van der Waals surface area contributed by atoms with E-state index < -0.39 is 0 Å². The van der Waals surface area contributed by atoms with E-state index in [1.165, 1.54) is 6.07 Å². The van der Waals surface area contributed by atoms with E-state index in [1.54, 1.807) is 0 Å². The Morgan fingerprint density at radius 2 is 2.21 bits per heavy atom. The van der Waals surface area contributed by atoms with Crippen molar-refractivity contribution in [1.82, 2.24) is 5.32 Å². The first kappa shape index (κ1) is 12.0. The van der Waals surface area contributed by atoms with Crippen LogP contribution >= 0.6 is 28.3 Å². The van der Waals surface area contributed by atoms with Crippen LogP contribution in [-0.4, -0.2) is 6.54 Å². The fourth-order valence-electron chi connectivity index (χ4n) is 1.80. The first-order chi connectivity index (χ1) is 6.18. The molecule has 1 aliphatic rings. The molecule has 1 aliphatic heterocycles. The molecule has 1 atom stereocenters. The smallest absolute Gasteiger partial charge is 0.127 e. The lowest BCUT2D eigenvalue weighted by Crippen LogP contribution is -2.28. The van der Waals surface area contributed by atoms with E-state index in [0.717, 1.165) is 28.6 Å². The Balaban J connectivity index is 0.000000980. The van der Waals surface area contributed by atoms with Crippen LogP contribution in [0.15, 0.2) is 16.6 Å². The van der Waals surface area contributed by atoms with Crippen LogP contribution < -0.4 is 5.32 Å². The van der Waals surface area contributed by atoms with Gasteiger partial charge in [-0.15, -0.1) is 12.4 Å². The van der Waals surface area contributed by atoms with Crippen molar-refractivity contribution in [2.75, 3.05) is 6.54 Å². The van der Waals surface area contributed by atoms with Gasteiger partial charge < -0.3 is 5.32 Å². The standard InChI is InChI=1S/C10H11BrFN.ClH/c1-6-9-4-7(11)5-10(12)8(9)2-3-13-6;/h4-6,13H,2-3H2,1H3;1H. The van der Waals surface area contributed by atoms with Crippen molar-refractivity contribution in [1.29, 1.82) is 0 Å². The third-order valence-corrected chi connectivity index (χ3v) is 2.94. The van der Waals surface area contributed by atoms with E-state index in [1.807, 2.05) is 6.07 Å². The van der Waals surface area contributed by atoms with E-state index in [-0.39, 0.29) is 24.3 Å². The van der Waals surface area contributed by atoms with Crippen molar-refractivity contribution in [3.8, 4) is 0 Å². The first-order valence-electron chi connectivity index (χ1n) is 4.39. The topological polar surface area (TPSA) is 12.0 Å². The van der Waals surface area contributed by atoms with Crippen molar-refractivity contribution < 1.29 is 4.39 Å². The van der Waals surface area contributed by atoms with Gasteiger partial charge in [0.05, 0.1) is 0 Å². The molecule has 1 heterocycles. The van der Waals surface area contributed by atoms with Gasteiger partial charge in [-0.2, -0.15) is 0 Å². The van der Waals surface area contributed by atoms with Crippen LogP contribution in [-0.2, 0) is 6.42 Å². The van der Waals surface area contributed by atoms with Crippen LogP contribution in [0.1, 0.15) is 24.1 Å². The Morgan fingerprint density at radius 3 is 2.93 bits per heavy atom. The molecule has 0 saturated heterocycles. The molecule has 14 heavy (non-hydrogen) atoms. The predicted octanol–water partition coefficient (Wildman–Crippen LogP) is 3.22. The van der Waals surface area contributed by atoms with E-state index in [0.29, 0.717) is 0 Å². The van der Waals surface area contributed by atoms with Crippen LogP contribution in [0.3, 0.4) is 0 Å². The van der Waals surface area contributed by atoms with Gasteiger partial charge in [-0.1, -0.05) is 15.9 Å². The van der Waals surface area contributed by atoms with Gasteiger partial charge in [0.2, 0.25) is 0 Å². The van der Waals surface area contributed by atoms with Crippen molar-refractivity contribution in [2.24, 2.45) is 0 Å². The SMILES string of the molecule is CC1NCCc2c(F)cc(Br)cc21.Cl. The maximum absolute atomic E-state index is 13.4. The molecule has 78 valence electrons. The van der Waals surface area contributed by atoms with E-state index >= 15 is 0 Å². The third kappa shape index (κ3) is 2.10. The summed E-state index contributed by atoms with van der Waals surface area (Å²) in [4.78, 5) is 0. The Morgan fingerprint density at radius 1 is 1.50 bits per heavy atom. The van der Waals surface area contributed by atoms with Gasteiger partial charge >= 0.3 is 0 Å². The second-order valence-corrected chi connectivity index (χ2v) is 4.30. The lowest BCUT2D eigenvalue weighted by Gasteiger charge is -2.24. The predicted molar refractivity (Wildman–Crippen MR) is 61.5 cm³/mol. The minimum atomic E-state index is -0.0854. The highest BCUT2D eigenvalue weighted by molar-refractivity contribution is 9.10. The lowest BCUT2D eigenvalue weighted by atomic mass is 9.95. The summed E-state index contributed by atoms with van der Waals surface area (Å²) in [6.45, 7) is 2.93. The maximum Gasteiger partial charge on any atom is 0.127 e. The molecule has 1 N–H and O–H groups in total. The number of fused-ring (bicyclic) bond motifs is 1. The second kappa shape index (κ2) is 4.60. The van der Waals surface area contributed by atoms with E-state index in [4.69, 9.17) is 0 Å². The average molecular weight is 281 g/mol. The number of benzene rings is 1. The molecule has 1 nitrogen and oxygen atoms in total. The summed E-state index contributed by atoms with van der Waals surface area (Å²) in [5.41, 5.74) is 1.95. The highest BCUT2D eigenvalue weighted by Crippen LogP contribution is 2.28. The third-order valence-electron chi connectivity index (χ3n) is 2.49. The molecular formula is C10H12BrClFN. The van der Waals surface area contributed by atoms with Gasteiger partial charge in [-0.25, -0.2) is 4.39 Å². The molecule has 0 aromatic heterocycles. The van der Waals surface area contributed by atoms with E-state index in [2.05, 4.69) is 28.2 Å². The van der Waals surface area contributed by atoms with Crippen LogP contribution in [0.25, 0.3) is 0 Å². The van der Waals surface area contributed by atoms with Crippen molar-refractivity contribution >= 4 is 28.3 Å². The average Bonchev–Trinajstić information content (AvgIpc) is 2.07. The second-order valence-electron chi connectivity index (χ2n) is 3.38. The van der Waals surface area contributed by atoms with Gasteiger partial charge in [0.15, 0.2) is 0 Å². The van der Waals surface area contributed by atoms with Gasteiger partial charge in [-0.05, 0) is 43.1 Å². The largest absolute Gasteiger partial charge is 0.310 e. The Hall–Kier alpha value is -0.120. The molecule has 1 aromatic carbocycles. The minimum absolute atomic E-state index is 0. The molecule has 0 radical (unpaired) electrons.